The summed E-state index contributed by atoms with van der Waals surface area (Å²) in [5, 5.41) is 8.31. The molecule has 0 radical (unpaired) electrons. The number of rotatable bonds is 5. The minimum atomic E-state index is -3.81. The van der Waals surface area contributed by atoms with Crippen LogP contribution in [0.1, 0.15) is 10.4 Å². The summed E-state index contributed by atoms with van der Waals surface area (Å²) in [4.78, 5) is 20.7. The monoisotopic (exact) mass is 438 g/mol. The van der Waals surface area contributed by atoms with Crippen LogP contribution in [-0.2, 0) is 14.8 Å². The number of methoxy groups -OCH3 is 1. The molecule has 0 fully saturated rings. The number of nitrogens with zero attached hydrogens (tertiary/aromatic N) is 3. The number of fused-ring (bicyclic) bond motifs is 1. The summed E-state index contributed by atoms with van der Waals surface area (Å²) >= 11 is 0. The molecule has 2 heterocycles. The molecule has 4 aromatic rings. The van der Waals surface area contributed by atoms with E-state index in [-0.39, 0.29) is 10.8 Å². The third kappa shape index (κ3) is 3.91. The topological polar surface area (TPSA) is 155 Å². The molecular formula is C20H18N6O4S. The van der Waals surface area contributed by atoms with Crippen LogP contribution >= 0.6 is 0 Å². The largest absolute Gasteiger partial charge is 0.465 e. The van der Waals surface area contributed by atoms with E-state index in [4.69, 9.17) is 15.6 Å². The van der Waals surface area contributed by atoms with E-state index in [0.29, 0.717) is 33.8 Å². The number of nitrogens with two attached hydrogens (primary N) is 2. The van der Waals surface area contributed by atoms with Crippen LogP contribution in [0.15, 0.2) is 65.7 Å². The first-order valence-corrected chi connectivity index (χ1v) is 10.5. The molecule has 2 aromatic carbocycles. The molecule has 11 heteroatoms. The van der Waals surface area contributed by atoms with Gasteiger partial charge in [0.15, 0.2) is 5.82 Å². The molecule has 0 saturated heterocycles. The molecule has 0 aliphatic heterocycles. The van der Waals surface area contributed by atoms with Crippen molar-refractivity contribution in [2.45, 2.75) is 4.90 Å². The number of para-hydroxylation sites is 1. The molecule has 0 aliphatic carbocycles. The van der Waals surface area contributed by atoms with Gasteiger partial charge < -0.3 is 20.4 Å². The maximum absolute atomic E-state index is 12.1. The Morgan fingerprint density at radius 2 is 1.77 bits per heavy atom. The van der Waals surface area contributed by atoms with Crippen molar-refractivity contribution in [1.29, 1.82) is 0 Å². The summed E-state index contributed by atoms with van der Waals surface area (Å²) in [5.41, 5.74) is 8.47. The summed E-state index contributed by atoms with van der Waals surface area (Å²) in [5.74, 6) is -0.0948. The summed E-state index contributed by atoms with van der Waals surface area (Å²) in [6, 6.07) is 14.6. The second-order valence-electron chi connectivity index (χ2n) is 6.55. The average Bonchev–Trinajstić information content (AvgIpc) is 3.17. The molecule has 4 rings (SSSR count). The van der Waals surface area contributed by atoms with E-state index < -0.39 is 16.0 Å². The number of carbonyl (C=O) groups is 1. The quantitative estimate of drug-likeness (QED) is 0.400. The van der Waals surface area contributed by atoms with Crippen LogP contribution in [-0.4, -0.2) is 36.0 Å². The van der Waals surface area contributed by atoms with Gasteiger partial charge in [-0.2, -0.15) is 4.98 Å². The zero-order chi connectivity index (χ0) is 22.2. The molecule has 10 nitrogen and oxygen atoms in total. The summed E-state index contributed by atoms with van der Waals surface area (Å²) in [6.07, 6.45) is 1.75. The number of carbonyl (C=O) groups excluding carboxylic acids is 1. The van der Waals surface area contributed by atoms with Crippen molar-refractivity contribution in [3.8, 4) is 5.69 Å². The van der Waals surface area contributed by atoms with Crippen LogP contribution in [0.4, 0.5) is 17.5 Å². The number of aromatic nitrogens is 3. The zero-order valence-electron chi connectivity index (χ0n) is 16.3. The van der Waals surface area contributed by atoms with Crippen molar-refractivity contribution in [3.05, 3.63) is 66.4 Å². The fourth-order valence-corrected chi connectivity index (χ4v) is 3.69. The molecule has 0 saturated carbocycles. The Kier molecular flexibility index (Phi) is 5.05. The lowest BCUT2D eigenvalue weighted by molar-refractivity contribution is 0.0602. The van der Waals surface area contributed by atoms with E-state index in [1.54, 1.807) is 53.2 Å². The standard InChI is InChI=1S/C20H18N6O4S/c1-30-19(27)14-4-2-3-5-15(14)23-18-17-16(24-20(21)25-18)10-11-26(17)12-6-8-13(9-7-12)31(22,28)29/h2-11H,1H3,(H2,22,28,29)(H3,21,23,24,25). The normalized spacial score (nSPS) is 11.4. The molecular weight excluding hydrogens is 420 g/mol. The number of benzene rings is 2. The predicted octanol–water partition coefficient (Wildman–Crippen LogP) is 2.18. The van der Waals surface area contributed by atoms with Crippen LogP contribution in [0, 0.1) is 0 Å². The lowest BCUT2D eigenvalue weighted by Gasteiger charge is -2.13. The lowest BCUT2D eigenvalue weighted by Crippen LogP contribution is -2.12. The van der Waals surface area contributed by atoms with Gasteiger partial charge in [0.2, 0.25) is 16.0 Å². The van der Waals surface area contributed by atoms with Crippen molar-refractivity contribution in [2.24, 2.45) is 5.14 Å². The van der Waals surface area contributed by atoms with Gasteiger partial charge in [-0.05, 0) is 42.5 Å². The molecule has 0 bridgehead atoms. The summed E-state index contributed by atoms with van der Waals surface area (Å²) < 4.78 is 29.7. The van der Waals surface area contributed by atoms with E-state index in [2.05, 4.69) is 15.3 Å². The zero-order valence-corrected chi connectivity index (χ0v) is 17.1. The second kappa shape index (κ2) is 7.70. The molecule has 2 aromatic heterocycles. The number of primary sulfonamides is 1. The summed E-state index contributed by atoms with van der Waals surface area (Å²) in [7, 11) is -2.51. The smallest absolute Gasteiger partial charge is 0.339 e. The van der Waals surface area contributed by atoms with Crippen LogP contribution < -0.4 is 16.2 Å². The van der Waals surface area contributed by atoms with E-state index in [1.807, 2.05) is 0 Å². The van der Waals surface area contributed by atoms with E-state index >= 15 is 0 Å². The maximum Gasteiger partial charge on any atom is 0.339 e. The molecule has 5 N–H and O–H groups in total. The Hall–Kier alpha value is -3.96. The number of ether oxygens (including phenoxy) is 1. The summed E-state index contributed by atoms with van der Waals surface area (Å²) in [6.45, 7) is 0. The number of hydrogen-bond acceptors (Lipinski definition) is 8. The van der Waals surface area contributed by atoms with Gasteiger partial charge in [-0.25, -0.2) is 23.3 Å². The Balaban J connectivity index is 1.85. The first kappa shape index (κ1) is 20.3. The Morgan fingerprint density at radius 1 is 1.06 bits per heavy atom. The Morgan fingerprint density at radius 3 is 2.45 bits per heavy atom. The van der Waals surface area contributed by atoms with Gasteiger partial charge in [-0.1, -0.05) is 12.1 Å². The fraction of sp³-hybridized carbons (Fsp3) is 0.0500. The predicted molar refractivity (Wildman–Crippen MR) is 116 cm³/mol. The van der Waals surface area contributed by atoms with Gasteiger partial charge in [0.25, 0.3) is 0 Å². The molecule has 31 heavy (non-hydrogen) atoms. The van der Waals surface area contributed by atoms with Gasteiger partial charge in [-0.15, -0.1) is 0 Å². The van der Waals surface area contributed by atoms with Crippen molar-refractivity contribution >= 4 is 44.5 Å². The third-order valence-electron chi connectivity index (χ3n) is 4.58. The second-order valence-corrected chi connectivity index (χ2v) is 8.11. The van der Waals surface area contributed by atoms with Gasteiger partial charge in [0.1, 0.15) is 5.52 Å². The SMILES string of the molecule is COC(=O)c1ccccc1Nc1nc(N)nc2ccn(-c3ccc(S(N)(=O)=O)cc3)c12. The Bertz CT molecular complexity index is 1400. The highest BCUT2D eigenvalue weighted by molar-refractivity contribution is 7.89. The number of nitrogen functional groups attached to an aromatic ring is 1. The van der Waals surface area contributed by atoms with Gasteiger partial charge >= 0.3 is 5.97 Å². The first-order valence-electron chi connectivity index (χ1n) is 9.00. The van der Waals surface area contributed by atoms with Crippen LogP contribution in [0.5, 0.6) is 0 Å². The number of anilines is 3. The van der Waals surface area contributed by atoms with Crippen molar-refractivity contribution in [3.63, 3.8) is 0 Å². The number of esters is 1. The highest BCUT2D eigenvalue weighted by Gasteiger charge is 2.17. The van der Waals surface area contributed by atoms with Crippen LogP contribution in [0.25, 0.3) is 16.7 Å². The molecule has 0 amide bonds. The highest BCUT2D eigenvalue weighted by atomic mass is 32.2. The van der Waals surface area contributed by atoms with E-state index in [1.165, 1.54) is 19.2 Å². The van der Waals surface area contributed by atoms with Crippen LogP contribution in [0.2, 0.25) is 0 Å². The van der Waals surface area contributed by atoms with Crippen molar-refractivity contribution < 1.29 is 17.9 Å². The van der Waals surface area contributed by atoms with Gasteiger partial charge in [-0.3, -0.25) is 0 Å². The lowest BCUT2D eigenvalue weighted by atomic mass is 10.2. The van der Waals surface area contributed by atoms with E-state index in [0.717, 1.165) is 0 Å². The number of sulfonamides is 1. The van der Waals surface area contributed by atoms with Gasteiger partial charge in [0.05, 0.1) is 28.8 Å². The average molecular weight is 438 g/mol. The minimum absolute atomic E-state index is 0.00133. The van der Waals surface area contributed by atoms with Crippen LogP contribution in [0.3, 0.4) is 0 Å². The molecule has 0 aliphatic rings. The first-order chi connectivity index (χ1) is 14.8. The van der Waals surface area contributed by atoms with Gasteiger partial charge in [0, 0.05) is 11.9 Å². The fourth-order valence-electron chi connectivity index (χ4n) is 3.17. The number of hydrogen-bond donors (Lipinski definition) is 3. The molecule has 0 spiro atoms. The third-order valence-corrected chi connectivity index (χ3v) is 5.51. The molecule has 0 atom stereocenters. The van der Waals surface area contributed by atoms with Crippen molar-refractivity contribution in [1.82, 2.24) is 14.5 Å². The van der Waals surface area contributed by atoms with E-state index in [9.17, 15) is 13.2 Å². The maximum atomic E-state index is 12.1. The highest BCUT2D eigenvalue weighted by Crippen LogP contribution is 2.30. The van der Waals surface area contributed by atoms with Crippen molar-refractivity contribution in [2.75, 3.05) is 18.2 Å². The number of nitrogens with one attached hydrogen (secondary N) is 1. The minimum Gasteiger partial charge on any atom is -0.465 e. The Labute approximate surface area is 177 Å². The molecule has 158 valence electrons. The molecule has 0 unspecified atom stereocenters.